The van der Waals surface area contributed by atoms with Crippen LogP contribution in [-0.4, -0.2) is 29.4 Å². The van der Waals surface area contributed by atoms with E-state index in [9.17, 15) is 4.79 Å². The zero-order valence-electron chi connectivity index (χ0n) is 11.6. The molecule has 0 radical (unpaired) electrons. The molecule has 0 atom stereocenters. The predicted molar refractivity (Wildman–Crippen MR) is 88.2 cm³/mol. The summed E-state index contributed by atoms with van der Waals surface area (Å²) >= 11 is 13.4. The first-order chi connectivity index (χ1) is 10.1. The van der Waals surface area contributed by atoms with E-state index in [4.69, 9.17) is 28.3 Å². The van der Waals surface area contributed by atoms with Crippen LogP contribution in [-0.2, 0) is 4.79 Å². The summed E-state index contributed by atoms with van der Waals surface area (Å²) < 4.78 is 0. The van der Waals surface area contributed by atoms with E-state index in [1.165, 1.54) is 11.8 Å². The molecular formula is C15H19Cl2NO2S. The maximum absolute atomic E-state index is 12.0. The Morgan fingerprint density at radius 2 is 2.00 bits per heavy atom. The SMILES string of the molecule is O=C(CSc1cc(Cl)ccc1Cl)NC1CCC(CO)CC1. The fraction of sp³-hybridized carbons (Fsp3) is 0.533. The number of thioether (sulfide) groups is 1. The number of aliphatic hydroxyl groups is 1. The fourth-order valence-corrected chi connectivity index (χ4v) is 3.79. The number of carbonyl (C=O) groups is 1. The van der Waals surface area contributed by atoms with Gasteiger partial charge in [0.1, 0.15) is 0 Å². The molecule has 1 aliphatic rings. The summed E-state index contributed by atoms with van der Waals surface area (Å²) in [5.74, 6) is 0.751. The number of carbonyl (C=O) groups excluding carboxylic acids is 1. The number of amides is 1. The maximum atomic E-state index is 12.0. The second kappa shape index (κ2) is 8.28. The van der Waals surface area contributed by atoms with Gasteiger partial charge in [-0.1, -0.05) is 23.2 Å². The van der Waals surface area contributed by atoms with Gasteiger partial charge >= 0.3 is 0 Å². The van der Waals surface area contributed by atoms with Crippen molar-refractivity contribution in [3.8, 4) is 0 Å². The molecule has 1 aromatic rings. The molecule has 1 amide bonds. The lowest BCUT2D eigenvalue weighted by atomic mass is 9.86. The van der Waals surface area contributed by atoms with Crippen LogP contribution in [0.3, 0.4) is 0 Å². The molecule has 2 rings (SSSR count). The molecule has 0 spiro atoms. The van der Waals surface area contributed by atoms with E-state index < -0.39 is 0 Å². The lowest BCUT2D eigenvalue weighted by Crippen LogP contribution is -2.38. The van der Waals surface area contributed by atoms with E-state index in [0.29, 0.717) is 21.7 Å². The molecule has 21 heavy (non-hydrogen) atoms. The molecule has 116 valence electrons. The Kier molecular flexibility index (Phi) is 6.68. The average molecular weight is 348 g/mol. The molecule has 0 heterocycles. The topological polar surface area (TPSA) is 49.3 Å². The van der Waals surface area contributed by atoms with Gasteiger partial charge in [-0.2, -0.15) is 0 Å². The van der Waals surface area contributed by atoms with Crippen molar-refractivity contribution in [2.45, 2.75) is 36.6 Å². The minimum atomic E-state index is 0.0171. The summed E-state index contributed by atoms with van der Waals surface area (Å²) in [5.41, 5.74) is 0. The highest BCUT2D eigenvalue weighted by molar-refractivity contribution is 8.00. The zero-order valence-corrected chi connectivity index (χ0v) is 14.0. The minimum Gasteiger partial charge on any atom is -0.396 e. The Labute approximate surface area is 139 Å². The van der Waals surface area contributed by atoms with Crippen molar-refractivity contribution >= 4 is 40.9 Å². The number of halogens is 2. The quantitative estimate of drug-likeness (QED) is 0.797. The predicted octanol–water partition coefficient (Wildman–Crippen LogP) is 3.75. The van der Waals surface area contributed by atoms with Crippen LogP contribution in [0.2, 0.25) is 10.0 Å². The van der Waals surface area contributed by atoms with Crippen molar-refractivity contribution in [1.29, 1.82) is 0 Å². The standard InChI is InChI=1S/C15H19Cl2NO2S/c16-11-3-6-13(17)14(7-11)21-9-15(20)18-12-4-1-10(8-19)2-5-12/h3,6-7,10,12,19H,1-2,4-5,8-9H2,(H,18,20). The van der Waals surface area contributed by atoms with Gasteiger partial charge < -0.3 is 10.4 Å². The van der Waals surface area contributed by atoms with Gasteiger partial charge in [0.15, 0.2) is 0 Å². The molecule has 1 fully saturated rings. The molecule has 3 nitrogen and oxygen atoms in total. The molecule has 0 bridgehead atoms. The first kappa shape index (κ1) is 16.9. The first-order valence-corrected chi connectivity index (χ1v) is 8.80. The van der Waals surface area contributed by atoms with Gasteiger partial charge in [0, 0.05) is 22.6 Å². The van der Waals surface area contributed by atoms with Crippen LogP contribution in [0.25, 0.3) is 0 Å². The van der Waals surface area contributed by atoms with E-state index >= 15 is 0 Å². The third-order valence-electron chi connectivity index (χ3n) is 3.72. The van der Waals surface area contributed by atoms with Crippen LogP contribution in [0.5, 0.6) is 0 Å². The van der Waals surface area contributed by atoms with Crippen molar-refractivity contribution in [2.24, 2.45) is 5.92 Å². The molecule has 1 saturated carbocycles. The van der Waals surface area contributed by atoms with Crippen LogP contribution in [0.1, 0.15) is 25.7 Å². The van der Waals surface area contributed by atoms with Gasteiger partial charge in [-0.15, -0.1) is 11.8 Å². The first-order valence-electron chi connectivity index (χ1n) is 7.06. The Morgan fingerprint density at radius 1 is 1.29 bits per heavy atom. The van der Waals surface area contributed by atoms with Gasteiger partial charge in [-0.3, -0.25) is 4.79 Å². The second-order valence-electron chi connectivity index (χ2n) is 5.33. The monoisotopic (exact) mass is 347 g/mol. The smallest absolute Gasteiger partial charge is 0.230 e. The van der Waals surface area contributed by atoms with Gasteiger partial charge in [0.25, 0.3) is 0 Å². The summed E-state index contributed by atoms with van der Waals surface area (Å²) in [6.45, 7) is 0.254. The number of hydrogen-bond acceptors (Lipinski definition) is 3. The van der Waals surface area contributed by atoms with Crippen LogP contribution in [0.15, 0.2) is 23.1 Å². The van der Waals surface area contributed by atoms with E-state index in [2.05, 4.69) is 5.32 Å². The summed E-state index contributed by atoms with van der Waals surface area (Å²) in [7, 11) is 0. The Hall–Kier alpha value is -0.420. The molecule has 1 aromatic carbocycles. The Morgan fingerprint density at radius 3 is 2.67 bits per heavy atom. The lowest BCUT2D eigenvalue weighted by Gasteiger charge is -2.27. The number of aliphatic hydroxyl groups excluding tert-OH is 1. The van der Waals surface area contributed by atoms with Crippen LogP contribution < -0.4 is 5.32 Å². The van der Waals surface area contributed by atoms with Crippen LogP contribution in [0, 0.1) is 5.92 Å². The van der Waals surface area contributed by atoms with Gasteiger partial charge in [-0.05, 0) is 49.8 Å². The number of rotatable bonds is 5. The fourth-order valence-electron chi connectivity index (χ4n) is 2.49. The number of benzene rings is 1. The van der Waals surface area contributed by atoms with E-state index in [-0.39, 0.29) is 18.6 Å². The zero-order chi connectivity index (χ0) is 15.2. The van der Waals surface area contributed by atoms with Crippen molar-refractivity contribution in [2.75, 3.05) is 12.4 Å². The van der Waals surface area contributed by atoms with Crippen molar-refractivity contribution in [3.63, 3.8) is 0 Å². The summed E-state index contributed by atoms with van der Waals surface area (Å²) in [6.07, 6.45) is 3.85. The summed E-state index contributed by atoms with van der Waals surface area (Å²) in [5, 5.41) is 13.4. The normalized spacial score (nSPS) is 22.0. The molecule has 0 saturated heterocycles. The van der Waals surface area contributed by atoms with Crippen molar-refractivity contribution in [1.82, 2.24) is 5.32 Å². The largest absolute Gasteiger partial charge is 0.396 e. The van der Waals surface area contributed by atoms with E-state index in [1.807, 2.05) is 0 Å². The van der Waals surface area contributed by atoms with Gasteiger partial charge in [0.05, 0.1) is 10.8 Å². The van der Waals surface area contributed by atoms with Crippen molar-refractivity contribution in [3.05, 3.63) is 28.2 Å². The Bertz CT molecular complexity index is 491. The molecule has 0 unspecified atom stereocenters. The highest BCUT2D eigenvalue weighted by Gasteiger charge is 2.21. The Balaban J connectivity index is 1.76. The summed E-state index contributed by atoms with van der Waals surface area (Å²) in [6, 6.07) is 5.47. The molecule has 2 N–H and O–H groups in total. The highest BCUT2D eigenvalue weighted by Crippen LogP contribution is 2.30. The van der Waals surface area contributed by atoms with E-state index in [0.717, 1.165) is 30.6 Å². The minimum absolute atomic E-state index is 0.0171. The molecule has 0 aromatic heterocycles. The van der Waals surface area contributed by atoms with Gasteiger partial charge in [-0.25, -0.2) is 0 Å². The molecule has 0 aliphatic heterocycles. The van der Waals surface area contributed by atoms with Crippen LogP contribution >= 0.6 is 35.0 Å². The lowest BCUT2D eigenvalue weighted by molar-refractivity contribution is -0.119. The molecular weight excluding hydrogens is 329 g/mol. The maximum Gasteiger partial charge on any atom is 0.230 e. The highest BCUT2D eigenvalue weighted by atomic mass is 35.5. The summed E-state index contributed by atoms with van der Waals surface area (Å²) in [4.78, 5) is 12.8. The van der Waals surface area contributed by atoms with Gasteiger partial charge in [0.2, 0.25) is 5.91 Å². The number of nitrogens with one attached hydrogen (secondary N) is 1. The molecule has 6 heteroatoms. The average Bonchev–Trinajstić information content (AvgIpc) is 2.49. The number of hydrogen-bond donors (Lipinski definition) is 2. The third-order valence-corrected chi connectivity index (χ3v) is 5.45. The van der Waals surface area contributed by atoms with Crippen LogP contribution in [0.4, 0.5) is 0 Å². The van der Waals surface area contributed by atoms with Crippen molar-refractivity contribution < 1.29 is 9.90 Å². The molecule has 1 aliphatic carbocycles. The van der Waals surface area contributed by atoms with E-state index in [1.54, 1.807) is 18.2 Å². The third kappa shape index (κ3) is 5.37. The second-order valence-corrected chi connectivity index (χ2v) is 7.19.